The first-order valence-corrected chi connectivity index (χ1v) is 6.28. The van der Waals surface area contributed by atoms with E-state index in [2.05, 4.69) is 67.5 Å². The molecule has 94 valence electrons. The van der Waals surface area contributed by atoms with Gasteiger partial charge in [-0.3, -0.25) is 0 Å². The molecule has 0 heterocycles. The molecular weight excluding hydrogens is 220 g/mol. The maximum Gasteiger partial charge on any atom is 0.0440 e. The van der Waals surface area contributed by atoms with Crippen LogP contribution in [-0.2, 0) is 6.42 Å². The average molecular weight is 240 g/mol. The largest absolute Gasteiger partial charge is 0.377 e. The van der Waals surface area contributed by atoms with Gasteiger partial charge in [-0.15, -0.1) is 0 Å². The van der Waals surface area contributed by atoms with Crippen molar-refractivity contribution in [1.29, 1.82) is 0 Å². The lowest BCUT2D eigenvalue weighted by atomic mass is 10.00. The Labute approximate surface area is 109 Å². The van der Waals surface area contributed by atoms with Crippen molar-refractivity contribution in [3.8, 4) is 11.1 Å². The molecule has 0 spiro atoms. The lowest BCUT2D eigenvalue weighted by molar-refractivity contribution is 0.969. The van der Waals surface area contributed by atoms with Gasteiger partial charge in [0.15, 0.2) is 0 Å². The number of para-hydroxylation sites is 1. The van der Waals surface area contributed by atoms with Crippen molar-refractivity contribution in [1.82, 2.24) is 0 Å². The third-order valence-electron chi connectivity index (χ3n) is 3.06. The third-order valence-corrected chi connectivity index (χ3v) is 3.06. The van der Waals surface area contributed by atoms with Gasteiger partial charge in [0.25, 0.3) is 0 Å². The second-order valence-corrected chi connectivity index (χ2v) is 4.65. The molecule has 0 radical (unpaired) electrons. The fourth-order valence-corrected chi connectivity index (χ4v) is 2.17. The summed E-state index contributed by atoms with van der Waals surface area (Å²) in [6.07, 6.45) is 0.929. The Kier molecular flexibility index (Phi) is 4.00. The third kappa shape index (κ3) is 2.71. The second kappa shape index (κ2) is 5.69. The van der Waals surface area contributed by atoms with Gasteiger partial charge in [-0.2, -0.15) is 0 Å². The summed E-state index contributed by atoms with van der Waals surface area (Å²) >= 11 is 0. The Balaban J connectivity index is 2.45. The molecule has 0 saturated carbocycles. The first-order chi connectivity index (χ1) is 8.72. The molecule has 18 heavy (non-hydrogen) atoms. The fraction of sp³-hybridized carbons (Fsp3) is 0.250. The van der Waals surface area contributed by atoms with Crippen LogP contribution in [0.2, 0.25) is 0 Å². The Morgan fingerprint density at radius 3 is 2.50 bits per heavy atom. The van der Waals surface area contributed by atoms with Crippen LogP contribution in [0.25, 0.3) is 11.1 Å². The minimum atomic E-state index is 0.693. The van der Waals surface area contributed by atoms with E-state index in [1.807, 2.05) is 0 Å². The van der Waals surface area contributed by atoms with Crippen LogP contribution >= 0.6 is 0 Å². The maximum atomic E-state index is 5.62. The molecule has 2 rings (SSSR count). The van der Waals surface area contributed by atoms with Crippen molar-refractivity contribution in [2.45, 2.75) is 6.42 Å². The first kappa shape index (κ1) is 12.7. The van der Waals surface area contributed by atoms with Gasteiger partial charge in [-0.25, -0.2) is 0 Å². The zero-order valence-corrected chi connectivity index (χ0v) is 11.1. The van der Waals surface area contributed by atoms with Crippen molar-refractivity contribution in [2.75, 3.05) is 25.5 Å². The summed E-state index contributed by atoms with van der Waals surface area (Å²) in [5, 5.41) is 0. The van der Waals surface area contributed by atoms with Crippen LogP contribution in [-0.4, -0.2) is 20.6 Å². The molecule has 0 unspecified atom stereocenters. The fourth-order valence-electron chi connectivity index (χ4n) is 2.17. The van der Waals surface area contributed by atoms with E-state index in [0.717, 1.165) is 6.42 Å². The van der Waals surface area contributed by atoms with E-state index in [4.69, 9.17) is 5.73 Å². The smallest absolute Gasteiger partial charge is 0.0440 e. The van der Waals surface area contributed by atoms with Crippen molar-refractivity contribution in [3.63, 3.8) is 0 Å². The van der Waals surface area contributed by atoms with Crippen LogP contribution in [0, 0.1) is 0 Å². The molecule has 2 aromatic carbocycles. The van der Waals surface area contributed by atoms with E-state index >= 15 is 0 Å². The van der Waals surface area contributed by atoms with Crippen molar-refractivity contribution >= 4 is 5.69 Å². The van der Waals surface area contributed by atoms with E-state index in [0.29, 0.717) is 6.54 Å². The summed E-state index contributed by atoms with van der Waals surface area (Å²) in [7, 11) is 4.14. The maximum absolute atomic E-state index is 5.62. The molecule has 2 heteroatoms. The molecule has 2 aromatic rings. The topological polar surface area (TPSA) is 29.3 Å². The van der Waals surface area contributed by atoms with Gasteiger partial charge in [0.05, 0.1) is 0 Å². The molecule has 0 aromatic heterocycles. The summed E-state index contributed by atoms with van der Waals surface area (Å²) in [5.74, 6) is 0. The Hall–Kier alpha value is -1.80. The van der Waals surface area contributed by atoms with Crippen LogP contribution in [0.1, 0.15) is 5.56 Å². The standard InChI is InChI=1S/C16H20N2/c1-18(2)16-9-4-3-8-15(16)14-7-5-6-13(12-14)10-11-17/h3-9,12H,10-11,17H2,1-2H3. The van der Waals surface area contributed by atoms with Gasteiger partial charge in [0, 0.05) is 25.3 Å². The molecule has 0 bridgehead atoms. The summed E-state index contributed by atoms with van der Waals surface area (Å²) in [5.41, 5.74) is 10.7. The lowest BCUT2D eigenvalue weighted by Gasteiger charge is -2.17. The Bertz CT molecular complexity index is 518. The molecule has 0 atom stereocenters. The number of rotatable bonds is 4. The zero-order chi connectivity index (χ0) is 13.0. The summed E-state index contributed by atoms with van der Waals surface area (Å²) in [6.45, 7) is 0.693. The SMILES string of the molecule is CN(C)c1ccccc1-c1cccc(CCN)c1. The van der Waals surface area contributed by atoms with Gasteiger partial charge < -0.3 is 10.6 Å². The molecule has 0 aliphatic carbocycles. The second-order valence-electron chi connectivity index (χ2n) is 4.65. The Morgan fingerprint density at radius 2 is 1.78 bits per heavy atom. The van der Waals surface area contributed by atoms with Gasteiger partial charge in [0.1, 0.15) is 0 Å². The average Bonchev–Trinajstić information content (AvgIpc) is 2.39. The van der Waals surface area contributed by atoms with E-state index in [9.17, 15) is 0 Å². The highest BCUT2D eigenvalue weighted by molar-refractivity contribution is 5.78. The van der Waals surface area contributed by atoms with Crippen molar-refractivity contribution < 1.29 is 0 Å². The number of nitrogens with zero attached hydrogens (tertiary/aromatic N) is 1. The van der Waals surface area contributed by atoms with Crippen LogP contribution in [0.5, 0.6) is 0 Å². The normalized spacial score (nSPS) is 10.4. The first-order valence-electron chi connectivity index (χ1n) is 6.28. The summed E-state index contributed by atoms with van der Waals surface area (Å²) < 4.78 is 0. The zero-order valence-electron chi connectivity index (χ0n) is 11.1. The molecule has 0 aliphatic heterocycles. The van der Waals surface area contributed by atoms with Crippen molar-refractivity contribution in [3.05, 3.63) is 54.1 Å². The molecule has 0 aliphatic rings. The quantitative estimate of drug-likeness (QED) is 0.890. The highest BCUT2D eigenvalue weighted by atomic mass is 15.1. The number of nitrogens with two attached hydrogens (primary N) is 1. The van der Waals surface area contributed by atoms with E-state index in [1.165, 1.54) is 22.4 Å². The number of benzene rings is 2. The van der Waals surface area contributed by atoms with Gasteiger partial charge in [0.2, 0.25) is 0 Å². The minimum absolute atomic E-state index is 0.693. The predicted molar refractivity (Wildman–Crippen MR) is 79.0 cm³/mol. The predicted octanol–water partition coefficient (Wildman–Crippen LogP) is 2.92. The summed E-state index contributed by atoms with van der Waals surface area (Å²) in [4.78, 5) is 2.14. The highest BCUT2D eigenvalue weighted by Gasteiger charge is 2.06. The van der Waals surface area contributed by atoms with Crippen LogP contribution in [0.15, 0.2) is 48.5 Å². The van der Waals surface area contributed by atoms with E-state index in [1.54, 1.807) is 0 Å². The number of hydrogen-bond donors (Lipinski definition) is 1. The molecule has 2 nitrogen and oxygen atoms in total. The molecular formula is C16H20N2. The van der Waals surface area contributed by atoms with E-state index in [-0.39, 0.29) is 0 Å². The van der Waals surface area contributed by atoms with Gasteiger partial charge >= 0.3 is 0 Å². The number of anilines is 1. The monoisotopic (exact) mass is 240 g/mol. The van der Waals surface area contributed by atoms with Crippen LogP contribution in [0.4, 0.5) is 5.69 Å². The molecule has 0 saturated heterocycles. The summed E-state index contributed by atoms with van der Waals surface area (Å²) in [6, 6.07) is 17.1. The molecule has 0 amide bonds. The van der Waals surface area contributed by atoms with E-state index < -0.39 is 0 Å². The molecule has 2 N–H and O–H groups in total. The van der Waals surface area contributed by atoms with Crippen LogP contribution < -0.4 is 10.6 Å². The number of hydrogen-bond acceptors (Lipinski definition) is 2. The van der Waals surface area contributed by atoms with Crippen molar-refractivity contribution in [2.24, 2.45) is 5.73 Å². The molecule has 0 fully saturated rings. The minimum Gasteiger partial charge on any atom is -0.377 e. The van der Waals surface area contributed by atoms with Gasteiger partial charge in [-0.05, 0) is 30.2 Å². The Morgan fingerprint density at radius 1 is 1.00 bits per heavy atom. The lowest BCUT2D eigenvalue weighted by Crippen LogP contribution is -2.09. The highest BCUT2D eigenvalue weighted by Crippen LogP contribution is 2.29. The van der Waals surface area contributed by atoms with Gasteiger partial charge in [-0.1, -0.05) is 42.5 Å². The van der Waals surface area contributed by atoms with Crippen LogP contribution in [0.3, 0.4) is 0 Å².